The van der Waals surface area contributed by atoms with Crippen molar-refractivity contribution in [3.63, 3.8) is 0 Å². The first kappa shape index (κ1) is 19.6. The van der Waals surface area contributed by atoms with Crippen LogP contribution in [0.3, 0.4) is 0 Å². The zero-order chi connectivity index (χ0) is 18.2. The molecule has 0 saturated heterocycles. The van der Waals surface area contributed by atoms with Crippen molar-refractivity contribution in [1.29, 1.82) is 0 Å². The highest BCUT2D eigenvalue weighted by molar-refractivity contribution is 6.31. The van der Waals surface area contributed by atoms with Crippen LogP contribution in [0, 0.1) is 0 Å². The first-order valence-electron chi connectivity index (χ1n) is 8.80. The molecule has 0 aliphatic carbocycles. The fourth-order valence-electron chi connectivity index (χ4n) is 2.63. The predicted octanol–water partition coefficient (Wildman–Crippen LogP) is 5.25. The van der Waals surface area contributed by atoms with E-state index in [9.17, 15) is 0 Å². The van der Waals surface area contributed by atoms with E-state index in [0.29, 0.717) is 29.1 Å². The maximum atomic E-state index is 6.42. The van der Waals surface area contributed by atoms with Crippen molar-refractivity contribution in [3.8, 4) is 11.5 Å². The van der Waals surface area contributed by atoms with E-state index in [0.717, 1.165) is 18.4 Å². The van der Waals surface area contributed by atoms with Crippen LogP contribution >= 0.6 is 11.6 Å². The summed E-state index contributed by atoms with van der Waals surface area (Å²) in [5.74, 6) is 1.40. The Labute approximate surface area is 156 Å². The van der Waals surface area contributed by atoms with E-state index in [2.05, 4.69) is 36.5 Å². The third kappa shape index (κ3) is 6.26. The van der Waals surface area contributed by atoms with E-state index in [1.165, 1.54) is 5.56 Å². The van der Waals surface area contributed by atoms with E-state index in [-0.39, 0.29) is 6.10 Å². The number of rotatable bonds is 9. The van der Waals surface area contributed by atoms with Crippen molar-refractivity contribution in [2.45, 2.75) is 52.3 Å². The van der Waals surface area contributed by atoms with Gasteiger partial charge >= 0.3 is 0 Å². The molecule has 3 nitrogen and oxygen atoms in total. The van der Waals surface area contributed by atoms with Crippen molar-refractivity contribution < 1.29 is 9.47 Å². The van der Waals surface area contributed by atoms with Gasteiger partial charge in [0.1, 0.15) is 0 Å². The summed E-state index contributed by atoms with van der Waals surface area (Å²) in [4.78, 5) is 0. The Morgan fingerprint density at radius 1 is 1.04 bits per heavy atom. The van der Waals surface area contributed by atoms with Crippen LogP contribution in [0.5, 0.6) is 11.5 Å². The van der Waals surface area contributed by atoms with Crippen LogP contribution in [0.4, 0.5) is 0 Å². The quantitative estimate of drug-likeness (QED) is 0.662. The Balaban J connectivity index is 1.93. The van der Waals surface area contributed by atoms with Crippen molar-refractivity contribution in [3.05, 3.63) is 58.6 Å². The number of nitrogens with one attached hydrogen (secondary N) is 1. The highest BCUT2D eigenvalue weighted by atomic mass is 35.5. The highest BCUT2D eigenvalue weighted by Crippen LogP contribution is 2.34. The minimum Gasteiger partial charge on any atom is -0.493 e. The van der Waals surface area contributed by atoms with Crippen molar-refractivity contribution in [2.75, 3.05) is 7.11 Å². The summed E-state index contributed by atoms with van der Waals surface area (Å²) in [7, 11) is 1.65. The average molecular weight is 362 g/mol. The first-order chi connectivity index (χ1) is 12.0. The Hall–Kier alpha value is -1.71. The van der Waals surface area contributed by atoms with Gasteiger partial charge in [0.2, 0.25) is 0 Å². The van der Waals surface area contributed by atoms with Crippen LogP contribution in [0.15, 0.2) is 42.5 Å². The van der Waals surface area contributed by atoms with Crippen LogP contribution in [0.1, 0.15) is 38.3 Å². The number of benzene rings is 2. The molecule has 4 heteroatoms. The Morgan fingerprint density at radius 3 is 2.40 bits per heavy atom. The molecule has 1 unspecified atom stereocenters. The molecular weight excluding hydrogens is 334 g/mol. The lowest BCUT2D eigenvalue weighted by molar-refractivity contribution is 0.230. The van der Waals surface area contributed by atoms with Crippen molar-refractivity contribution >= 4 is 11.6 Å². The van der Waals surface area contributed by atoms with E-state index in [1.54, 1.807) is 7.11 Å². The van der Waals surface area contributed by atoms with Crippen LogP contribution in [0.25, 0.3) is 0 Å². The lowest BCUT2D eigenvalue weighted by atomic mass is 10.1. The second kappa shape index (κ2) is 9.69. The van der Waals surface area contributed by atoms with Gasteiger partial charge < -0.3 is 14.8 Å². The fraction of sp³-hybridized carbons (Fsp3) is 0.429. The molecule has 0 aromatic heterocycles. The van der Waals surface area contributed by atoms with Crippen LogP contribution in [-0.2, 0) is 13.0 Å². The second-order valence-electron chi connectivity index (χ2n) is 6.57. The standard InChI is InChI=1S/C21H28ClNO2/c1-15(2)25-21-13-19(22)18(12-20(21)24-4)14-23-16(3)10-11-17-8-6-5-7-9-17/h5-9,12-13,15-16,23H,10-11,14H2,1-4H3. The molecule has 0 fully saturated rings. The summed E-state index contributed by atoms with van der Waals surface area (Å²) in [5.41, 5.74) is 2.38. The maximum Gasteiger partial charge on any atom is 0.163 e. The molecule has 0 spiro atoms. The van der Waals surface area contributed by atoms with E-state index >= 15 is 0 Å². The first-order valence-corrected chi connectivity index (χ1v) is 9.17. The lowest BCUT2D eigenvalue weighted by Crippen LogP contribution is -2.26. The lowest BCUT2D eigenvalue weighted by Gasteiger charge is -2.18. The molecule has 1 N–H and O–H groups in total. The van der Waals surface area contributed by atoms with Crippen LogP contribution in [0.2, 0.25) is 5.02 Å². The number of hydrogen-bond acceptors (Lipinski definition) is 3. The largest absolute Gasteiger partial charge is 0.493 e. The zero-order valence-electron chi connectivity index (χ0n) is 15.5. The van der Waals surface area contributed by atoms with Gasteiger partial charge in [-0.3, -0.25) is 0 Å². The van der Waals surface area contributed by atoms with Crippen LogP contribution in [-0.4, -0.2) is 19.3 Å². The molecule has 0 heterocycles. The topological polar surface area (TPSA) is 30.5 Å². The van der Waals surface area contributed by atoms with Crippen LogP contribution < -0.4 is 14.8 Å². The molecule has 0 radical (unpaired) electrons. The van der Waals surface area contributed by atoms with Crippen molar-refractivity contribution in [1.82, 2.24) is 5.32 Å². The monoisotopic (exact) mass is 361 g/mol. The van der Waals surface area contributed by atoms with Gasteiger partial charge in [0, 0.05) is 23.7 Å². The Bertz CT molecular complexity index is 658. The van der Waals surface area contributed by atoms with Gasteiger partial charge in [-0.2, -0.15) is 0 Å². The normalized spacial score (nSPS) is 12.2. The summed E-state index contributed by atoms with van der Waals surface area (Å²) in [6.45, 7) is 6.87. The summed E-state index contributed by atoms with van der Waals surface area (Å²) in [6, 6.07) is 14.7. The molecule has 2 aromatic carbocycles. The molecule has 0 amide bonds. The molecular formula is C21H28ClNO2. The maximum absolute atomic E-state index is 6.42. The van der Waals surface area contributed by atoms with E-state index in [1.807, 2.05) is 32.0 Å². The molecule has 136 valence electrons. The average Bonchev–Trinajstić information content (AvgIpc) is 2.59. The summed E-state index contributed by atoms with van der Waals surface area (Å²) < 4.78 is 11.2. The molecule has 2 rings (SSSR count). The van der Waals surface area contributed by atoms with Gasteiger partial charge in [-0.05, 0) is 50.8 Å². The van der Waals surface area contributed by atoms with E-state index < -0.39 is 0 Å². The van der Waals surface area contributed by atoms with Gasteiger partial charge in [-0.25, -0.2) is 0 Å². The molecule has 0 aliphatic rings. The third-order valence-corrected chi connectivity index (χ3v) is 4.40. The number of halogens is 1. The summed E-state index contributed by atoms with van der Waals surface area (Å²) in [6.07, 6.45) is 2.22. The molecule has 0 bridgehead atoms. The molecule has 0 aliphatic heterocycles. The number of hydrogen-bond donors (Lipinski definition) is 1. The van der Waals surface area contributed by atoms with Gasteiger partial charge in [0.05, 0.1) is 13.2 Å². The summed E-state index contributed by atoms with van der Waals surface area (Å²) >= 11 is 6.42. The SMILES string of the molecule is COc1cc(CNC(C)CCc2ccccc2)c(Cl)cc1OC(C)C. The predicted molar refractivity (Wildman–Crippen MR) is 105 cm³/mol. The highest BCUT2D eigenvalue weighted by Gasteiger charge is 2.12. The number of aryl methyl sites for hydroxylation is 1. The van der Waals surface area contributed by atoms with Crippen molar-refractivity contribution in [2.24, 2.45) is 0 Å². The smallest absolute Gasteiger partial charge is 0.163 e. The Morgan fingerprint density at radius 2 is 1.76 bits per heavy atom. The van der Waals surface area contributed by atoms with Gasteiger partial charge in [0.15, 0.2) is 11.5 Å². The molecule has 0 saturated carbocycles. The summed E-state index contributed by atoms with van der Waals surface area (Å²) in [5, 5.41) is 4.23. The number of ether oxygens (including phenoxy) is 2. The fourth-order valence-corrected chi connectivity index (χ4v) is 2.85. The minimum absolute atomic E-state index is 0.0759. The van der Waals surface area contributed by atoms with Gasteiger partial charge in [-0.15, -0.1) is 0 Å². The molecule has 25 heavy (non-hydrogen) atoms. The van der Waals surface area contributed by atoms with E-state index in [4.69, 9.17) is 21.1 Å². The second-order valence-corrected chi connectivity index (χ2v) is 6.97. The number of methoxy groups -OCH3 is 1. The third-order valence-electron chi connectivity index (χ3n) is 4.05. The minimum atomic E-state index is 0.0759. The van der Waals surface area contributed by atoms with Gasteiger partial charge in [-0.1, -0.05) is 41.9 Å². The van der Waals surface area contributed by atoms with Gasteiger partial charge in [0.25, 0.3) is 0 Å². The Kier molecular flexibility index (Phi) is 7.60. The molecule has 1 atom stereocenters. The molecule has 2 aromatic rings. The zero-order valence-corrected chi connectivity index (χ0v) is 16.3.